The molecule has 5 heterocycles. The third-order valence-corrected chi connectivity index (χ3v) is 18.3. The Hall–Kier alpha value is -8.15. The van der Waals surface area contributed by atoms with Gasteiger partial charge in [0.15, 0.2) is 31.0 Å². The number of aryl methyl sites for hydroxylation is 16. The molecule has 0 N–H and O–H groups in total. The molecular formula is C87H114N5+5. The lowest BCUT2D eigenvalue weighted by Crippen LogP contribution is -2.32. The summed E-state index contributed by atoms with van der Waals surface area (Å²) in [4.78, 5) is 0. The summed E-state index contributed by atoms with van der Waals surface area (Å²) in [5.74, 6) is -0.708. The van der Waals surface area contributed by atoms with Crippen LogP contribution < -0.4 is 22.8 Å². The molecule has 0 radical (unpaired) electrons. The van der Waals surface area contributed by atoms with Gasteiger partial charge in [-0.25, -0.2) is 22.8 Å². The van der Waals surface area contributed by atoms with Crippen molar-refractivity contribution in [1.29, 1.82) is 0 Å². The zero-order chi connectivity index (χ0) is 71.7. The Balaban J connectivity index is 0.000000193. The van der Waals surface area contributed by atoms with Crippen LogP contribution in [0.5, 0.6) is 0 Å². The fourth-order valence-corrected chi connectivity index (χ4v) is 12.8. The molecule has 0 spiro atoms. The van der Waals surface area contributed by atoms with Crippen LogP contribution in [-0.2, 0) is 41.7 Å². The van der Waals surface area contributed by atoms with Crippen molar-refractivity contribution in [2.75, 3.05) is 0 Å². The van der Waals surface area contributed by atoms with Gasteiger partial charge in [0.25, 0.3) is 0 Å². The van der Waals surface area contributed by atoms with E-state index in [0.29, 0.717) is 24.3 Å². The minimum Gasteiger partial charge on any atom is -0.201 e. The van der Waals surface area contributed by atoms with Gasteiger partial charge in [-0.3, -0.25) is 0 Å². The maximum absolute atomic E-state index is 8.80. The summed E-state index contributed by atoms with van der Waals surface area (Å²) in [5.41, 5.74) is 28.9. The van der Waals surface area contributed by atoms with Gasteiger partial charge in [-0.15, -0.1) is 0 Å². The van der Waals surface area contributed by atoms with E-state index in [1.54, 1.807) is 6.20 Å². The minimum absolute atomic E-state index is 0.279. The van der Waals surface area contributed by atoms with Gasteiger partial charge in [-0.2, -0.15) is 0 Å². The average molecular weight is 1230 g/mol. The van der Waals surface area contributed by atoms with Crippen LogP contribution in [-0.4, -0.2) is 0 Å². The van der Waals surface area contributed by atoms with E-state index in [2.05, 4.69) is 289 Å². The summed E-state index contributed by atoms with van der Waals surface area (Å²) < 4.78 is 51.8. The molecule has 0 saturated carbocycles. The van der Waals surface area contributed by atoms with Crippen LogP contribution in [0.3, 0.4) is 0 Å². The lowest BCUT2D eigenvalue weighted by Gasteiger charge is -2.16. The Labute approximate surface area is 565 Å². The molecule has 0 aliphatic heterocycles. The van der Waals surface area contributed by atoms with E-state index in [-0.39, 0.29) is 5.56 Å². The van der Waals surface area contributed by atoms with Crippen molar-refractivity contribution in [2.24, 2.45) is 35.2 Å². The Bertz CT molecular complexity index is 4210. The molecule has 0 unspecified atom stereocenters. The minimum atomic E-state index is -2.23. The molecule has 5 heteroatoms. The molecule has 0 amide bonds. The molecule has 482 valence electrons. The van der Waals surface area contributed by atoms with Crippen LogP contribution in [0.2, 0.25) is 0 Å². The van der Waals surface area contributed by atoms with E-state index in [9.17, 15) is 0 Å². The monoisotopic (exact) mass is 1230 g/mol. The largest absolute Gasteiger partial charge is 0.212 e. The second-order valence-electron chi connectivity index (χ2n) is 25.2. The predicted molar refractivity (Wildman–Crippen MR) is 392 cm³/mol. The normalized spacial score (nSPS) is 12.0. The first-order chi connectivity index (χ1) is 45.9. The van der Waals surface area contributed by atoms with Crippen molar-refractivity contribution in [1.82, 2.24) is 0 Å². The highest BCUT2D eigenvalue weighted by Gasteiger charge is 2.22. The maximum atomic E-state index is 8.80. The summed E-state index contributed by atoms with van der Waals surface area (Å²) >= 11 is 0. The molecule has 10 aromatic rings. The molecule has 0 aliphatic rings. The highest BCUT2D eigenvalue weighted by molar-refractivity contribution is 5.65. The van der Waals surface area contributed by atoms with Crippen molar-refractivity contribution in [3.63, 3.8) is 0 Å². The standard InChI is InChI=1S/2C19H26N.C18H24N.C16H20N.C15H18N/c2*1-6-16(7-2)18-12-19(20(5)13-15(18)4)17-11-9-8-10-14(17)3;1-5-15(6-2)16-11-12-19(4)18(13-16)17-10-8-7-9-14(17)3;1-5-14-7-8-15(13(3)10-14)16-9-6-12(2)11-17(16)4;1-11-5-7-14(13(3)9-11)15-8-6-12(2)10-16(15)4/h2*8-13,16H,6-7H2,1-5H3;7-13,15H,5-6H2,1-4H3;6-11H,5H2,1-4H3;5-10H,1-4H3/q5*+1/i4D3,16D;;15D;;. The van der Waals surface area contributed by atoms with Gasteiger partial charge in [0.1, 0.15) is 35.2 Å². The number of aromatic nitrogens is 5. The third kappa shape index (κ3) is 19.0. The molecular weight excluding hydrogens is 1110 g/mol. The fraction of sp³-hybridized carbons (Fsp3) is 0.368. The number of nitrogens with zero attached hydrogens (tertiary/aromatic N) is 5. The van der Waals surface area contributed by atoms with Crippen LogP contribution >= 0.6 is 0 Å². The smallest absolute Gasteiger partial charge is 0.201 e. The third-order valence-electron chi connectivity index (χ3n) is 18.3. The van der Waals surface area contributed by atoms with Gasteiger partial charge in [0, 0.05) is 93.3 Å². The Morgan fingerprint density at radius 3 is 1.14 bits per heavy atom. The van der Waals surface area contributed by atoms with E-state index >= 15 is 0 Å². The van der Waals surface area contributed by atoms with Crippen LogP contribution in [0.15, 0.2) is 189 Å². The SMILES string of the molecule is CCC(CC)c1cc(-c2ccccc2C)[n+](C)cc1C.CCc1ccc(-c2ccc(C)c[n+]2C)c(C)c1.Cc1ccc(-c2ccc(C)c[n+]2C)c(C)c1.[2H]C(CC)(CC)c1cc[n+](C)c(-c2ccccc2C)c1.[2H]C([2H])([2H])c1c[n+](C)c(-c2ccccc2C)cc1C([2H])(CC)CC. The summed E-state index contributed by atoms with van der Waals surface area (Å²) in [7, 11) is 10.3. The van der Waals surface area contributed by atoms with Crippen molar-refractivity contribution in [3.8, 4) is 56.3 Å². The molecule has 0 fully saturated rings. The zero-order valence-electron chi connectivity index (χ0n) is 65.2. The highest BCUT2D eigenvalue weighted by Crippen LogP contribution is 2.33. The molecule has 10 rings (SSSR count). The van der Waals surface area contributed by atoms with Crippen LogP contribution in [0, 0.1) is 69.2 Å². The summed E-state index contributed by atoms with van der Waals surface area (Å²) in [6.07, 6.45) is 16.7. The van der Waals surface area contributed by atoms with Crippen LogP contribution in [0.4, 0.5) is 0 Å². The summed E-state index contributed by atoms with van der Waals surface area (Å²) in [6.45, 7) is 31.9. The first-order valence-electron chi connectivity index (χ1n) is 36.3. The first-order valence-corrected chi connectivity index (χ1v) is 33.8. The second-order valence-corrected chi connectivity index (χ2v) is 25.2. The topological polar surface area (TPSA) is 19.4 Å². The maximum Gasteiger partial charge on any atom is 0.212 e. The highest BCUT2D eigenvalue weighted by atomic mass is 14.9. The number of benzene rings is 5. The predicted octanol–water partition coefficient (Wildman–Crippen LogP) is 20.2. The molecule has 5 aromatic heterocycles. The second kappa shape index (κ2) is 35.0. The lowest BCUT2D eigenvalue weighted by atomic mass is 9.90. The Morgan fingerprint density at radius 2 is 0.728 bits per heavy atom. The number of pyridine rings is 5. The van der Waals surface area contributed by atoms with Crippen molar-refractivity contribution in [2.45, 2.75) is 180 Å². The van der Waals surface area contributed by atoms with Gasteiger partial charge in [-0.1, -0.05) is 133 Å². The molecule has 0 aliphatic carbocycles. The quantitative estimate of drug-likeness (QED) is 0.0912. The van der Waals surface area contributed by atoms with E-state index < -0.39 is 18.6 Å². The van der Waals surface area contributed by atoms with E-state index in [0.717, 1.165) is 41.6 Å². The molecule has 5 aromatic carbocycles. The van der Waals surface area contributed by atoms with E-state index in [1.807, 2.05) is 62.7 Å². The number of hydrogen-bond donors (Lipinski definition) is 0. The number of rotatable bonds is 15. The van der Waals surface area contributed by atoms with Gasteiger partial charge < -0.3 is 0 Å². The Morgan fingerprint density at radius 1 is 0.326 bits per heavy atom. The van der Waals surface area contributed by atoms with Gasteiger partial charge in [-0.05, 0) is 224 Å². The van der Waals surface area contributed by atoms with Crippen molar-refractivity contribution >= 4 is 0 Å². The lowest BCUT2D eigenvalue weighted by molar-refractivity contribution is -0.661. The molecule has 0 atom stereocenters. The number of hydrogen-bond acceptors (Lipinski definition) is 0. The zero-order valence-corrected chi connectivity index (χ0v) is 60.2. The Kier molecular flexibility index (Phi) is 24.9. The van der Waals surface area contributed by atoms with E-state index in [4.69, 9.17) is 6.85 Å². The van der Waals surface area contributed by atoms with Crippen LogP contribution in [0.25, 0.3) is 56.3 Å². The van der Waals surface area contributed by atoms with Crippen molar-refractivity contribution in [3.05, 3.63) is 267 Å². The fourth-order valence-electron chi connectivity index (χ4n) is 12.8. The molecule has 92 heavy (non-hydrogen) atoms. The van der Waals surface area contributed by atoms with Gasteiger partial charge >= 0.3 is 0 Å². The summed E-state index contributed by atoms with van der Waals surface area (Å²) in [6, 6.07) is 55.7. The van der Waals surface area contributed by atoms with E-state index in [1.165, 1.54) is 114 Å². The summed E-state index contributed by atoms with van der Waals surface area (Å²) in [5, 5.41) is 0. The van der Waals surface area contributed by atoms with Gasteiger partial charge in [0.05, 0.1) is 0 Å². The molecule has 0 saturated heterocycles. The van der Waals surface area contributed by atoms with Crippen molar-refractivity contribution < 1.29 is 29.7 Å². The molecule has 0 bridgehead atoms. The van der Waals surface area contributed by atoms with Crippen LogP contribution in [0.1, 0.15) is 189 Å². The first kappa shape index (κ1) is 65.3. The van der Waals surface area contributed by atoms with Gasteiger partial charge in [0.2, 0.25) is 28.5 Å². The average Bonchev–Trinajstić information content (AvgIpc) is 0.770. The molecule has 5 nitrogen and oxygen atoms in total.